The smallest absolute Gasteiger partial charge is 0.325 e. The van der Waals surface area contributed by atoms with Crippen molar-refractivity contribution < 1.29 is 29.4 Å². The van der Waals surface area contributed by atoms with Gasteiger partial charge in [0.15, 0.2) is 0 Å². The predicted octanol–water partition coefficient (Wildman–Crippen LogP) is -0.413. The topological polar surface area (TPSA) is 175 Å². The van der Waals surface area contributed by atoms with Crippen molar-refractivity contribution in [3.8, 4) is 0 Å². The first kappa shape index (κ1) is 20.9. The number of carboxylic acids is 2. The maximum absolute atomic E-state index is 12.4. The van der Waals surface area contributed by atoms with E-state index in [-0.39, 0.29) is 6.42 Å². The fourth-order valence-electron chi connectivity index (χ4n) is 2.67. The lowest BCUT2D eigenvalue weighted by Crippen LogP contribution is -2.54. The van der Waals surface area contributed by atoms with Gasteiger partial charge in [-0.1, -0.05) is 18.2 Å². The molecule has 10 heteroatoms. The van der Waals surface area contributed by atoms with Crippen LogP contribution in [-0.2, 0) is 25.6 Å². The molecule has 1 heterocycles. The second kappa shape index (κ2) is 9.00. The number of para-hydroxylation sites is 1. The molecule has 0 radical (unpaired) electrons. The van der Waals surface area contributed by atoms with Crippen molar-refractivity contribution in [3.05, 3.63) is 36.0 Å². The Bertz CT molecular complexity index is 893. The van der Waals surface area contributed by atoms with Crippen molar-refractivity contribution in [3.63, 3.8) is 0 Å². The van der Waals surface area contributed by atoms with Crippen LogP contribution in [0.1, 0.15) is 18.9 Å². The Morgan fingerprint density at radius 2 is 1.79 bits per heavy atom. The fourth-order valence-corrected chi connectivity index (χ4v) is 2.67. The minimum absolute atomic E-state index is 0.169. The van der Waals surface area contributed by atoms with E-state index in [0.717, 1.165) is 16.5 Å². The lowest BCUT2D eigenvalue weighted by molar-refractivity contribution is -0.143. The van der Waals surface area contributed by atoms with E-state index in [4.69, 9.17) is 15.9 Å². The normalized spacial score (nSPS) is 14.1. The van der Waals surface area contributed by atoms with Gasteiger partial charge in [0.1, 0.15) is 12.1 Å². The first-order chi connectivity index (χ1) is 13.2. The lowest BCUT2D eigenvalue weighted by Gasteiger charge is -2.20. The van der Waals surface area contributed by atoms with Crippen molar-refractivity contribution in [1.82, 2.24) is 15.6 Å². The number of benzene rings is 1. The molecule has 7 N–H and O–H groups in total. The Morgan fingerprint density at radius 1 is 1.11 bits per heavy atom. The molecule has 1 aromatic heterocycles. The number of H-pyrrole nitrogens is 1. The van der Waals surface area contributed by atoms with Gasteiger partial charge in [0.05, 0.1) is 12.5 Å². The molecule has 0 bridgehead atoms. The van der Waals surface area contributed by atoms with Gasteiger partial charge in [-0.25, -0.2) is 0 Å². The van der Waals surface area contributed by atoms with Crippen molar-refractivity contribution in [1.29, 1.82) is 0 Å². The van der Waals surface area contributed by atoms with Crippen LogP contribution in [0.5, 0.6) is 0 Å². The number of amides is 2. The van der Waals surface area contributed by atoms with E-state index < -0.39 is 48.3 Å². The number of carbonyl (C=O) groups is 4. The average molecular weight is 390 g/mol. The third-order valence-electron chi connectivity index (χ3n) is 4.19. The van der Waals surface area contributed by atoms with Gasteiger partial charge in [0.25, 0.3) is 0 Å². The SMILES string of the molecule is CC(NC(=O)C(CC(=O)O)NC(=O)C(N)Cc1c[nH]c2ccccc12)C(=O)O. The van der Waals surface area contributed by atoms with Crippen LogP contribution in [0.2, 0.25) is 0 Å². The van der Waals surface area contributed by atoms with Crippen molar-refractivity contribution in [2.24, 2.45) is 5.73 Å². The van der Waals surface area contributed by atoms with Gasteiger partial charge in [0.2, 0.25) is 11.8 Å². The highest BCUT2D eigenvalue weighted by Crippen LogP contribution is 2.18. The van der Waals surface area contributed by atoms with Gasteiger partial charge >= 0.3 is 11.9 Å². The van der Waals surface area contributed by atoms with Gasteiger partial charge in [0, 0.05) is 17.1 Å². The van der Waals surface area contributed by atoms with Crippen molar-refractivity contribution >= 4 is 34.7 Å². The number of rotatable bonds is 9. The molecule has 0 saturated heterocycles. The fraction of sp³-hybridized carbons (Fsp3) is 0.333. The zero-order valence-corrected chi connectivity index (χ0v) is 15.1. The van der Waals surface area contributed by atoms with E-state index in [2.05, 4.69) is 15.6 Å². The number of aromatic nitrogens is 1. The van der Waals surface area contributed by atoms with Gasteiger partial charge in [-0.05, 0) is 25.0 Å². The van der Waals surface area contributed by atoms with Crippen LogP contribution in [-0.4, -0.2) is 57.1 Å². The molecule has 0 fully saturated rings. The summed E-state index contributed by atoms with van der Waals surface area (Å²) < 4.78 is 0. The highest BCUT2D eigenvalue weighted by molar-refractivity contribution is 5.94. The number of fused-ring (bicyclic) bond motifs is 1. The Balaban J connectivity index is 2.05. The number of nitrogens with two attached hydrogens (primary N) is 1. The predicted molar refractivity (Wildman–Crippen MR) is 99.4 cm³/mol. The number of aliphatic carboxylic acids is 2. The van der Waals surface area contributed by atoms with Crippen LogP contribution in [0.15, 0.2) is 30.5 Å². The Morgan fingerprint density at radius 3 is 2.43 bits per heavy atom. The number of hydrogen-bond donors (Lipinski definition) is 6. The van der Waals surface area contributed by atoms with Gasteiger partial charge in [-0.15, -0.1) is 0 Å². The molecule has 2 rings (SSSR count). The molecular weight excluding hydrogens is 368 g/mol. The van der Waals surface area contributed by atoms with E-state index >= 15 is 0 Å². The molecule has 3 atom stereocenters. The maximum Gasteiger partial charge on any atom is 0.325 e. The summed E-state index contributed by atoms with van der Waals surface area (Å²) in [4.78, 5) is 49.5. The standard InChI is InChI=1S/C18H22N4O6/c1-9(18(27)28)21-17(26)14(7-15(23)24)22-16(25)12(19)6-10-8-20-13-5-3-2-4-11(10)13/h2-5,8-9,12,14,20H,6-7,19H2,1H3,(H,21,26)(H,22,25)(H,23,24)(H,27,28). The number of carboxylic acid groups (broad SMARTS) is 2. The van der Waals surface area contributed by atoms with Crippen molar-refractivity contribution in [2.75, 3.05) is 0 Å². The summed E-state index contributed by atoms with van der Waals surface area (Å²) in [6.45, 7) is 1.22. The highest BCUT2D eigenvalue weighted by atomic mass is 16.4. The molecule has 0 aliphatic heterocycles. The van der Waals surface area contributed by atoms with Crippen LogP contribution >= 0.6 is 0 Å². The monoisotopic (exact) mass is 390 g/mol. The molecule has 0 aliphatic carbocycles. The number of aromatic amines is 1. The van der Waals surface area contributed by atoms with Gasteiger partial charge in [-0.3, -0.25) is 19.2 Å². The van der Waals surface area contributed by atoms with Crippen LogP contribution in [0.25, 0.3) is 10.9 Å². The molecule has 1 aromatic carbocycles. The minimum Gasteiger partial charge on any atom is -0.481 e. The van der Waals surface area contributed by atoms with E-state index in [0.29, 0.717) is 0 Å². The Kier molecular flexibility index (Phi) is 6.72. The molecule has 0 saturated carbocycles. The van der Waals surface area contributed by atoms with Crippen molar-refractivity contribution in [2.45, 2.75) is 37.9 Å². The maximum atomic E-state index is 12.4. The summed E-state index contributed by atoms with van der Waals surface area (Å²) in [5.74, 6) is -4.24. The molecule has 0 aliphatic rings. The van der Waals surface area contributed by atoms with E-state index in [9.17, 15) is 19.2 Å². The number of nitrogens with one attached hydrogen (secondary N) is 3. The van der Waals surface area contributed by atoms with Crippen LogP contribution < -0.4 is 16.4 Å². The lowest BCUT2D eigenvalue weighted by atomic mass is 10.0. The molecule has 0 spiro atoms. The first-order valence-electron chi connectivity index (χ1n) is 8.55. The van der Waals surface area contributed by atoms with E-state index in [1.54, 1.807) is 6.20 Å². The summed E-state index contributed by atoms with van der Waals surface area (Å²) in [5, 5.41) is 23.2. The summed E-state index contributed by atoms with van der Waals surface area (Å²) in [6, 6.07) is 3.76. The van der Waals surface area contributed by atoms with E-state index in [1.807, 2.05) is 24.3 Å². The quantitative estimate of drug-likeness (QED) is 0.337. The Hall–Kier alpha value is -3.40. The molecule has 150 valence electrons. The molecule has 28 heavy (non-hydrogen) atoms. The third kappa shape index (κ3) is 5.30. The summed E-state index contributed by atoms with van der Waals surface area (Å²) >= 11 is 0. The largest absolute Gasteiger partial charge is 0.481 e. The summed E-state index contributed by atoms with van der Waals surface area (Å²) in [7, 11) is 0. The number of hydrogen-bond acceptors (Lipinski definition) is 5. The molecule has 2 aromatic rings. The molecule has 3 unspecified atom stereocenters. The summed E-state index contributed by atoms with van der Waals surface area (Å²) in [5.41, 5.74) is 7.62. The van der Waals surface area contributed by atoms with Gasteiger partial charge in [-0.2, -0.15) is 0 Å². The molecular formula is C18H22N4O6. The molecule has 2 amide bonds. The average Bonchev–Trinajstić information content (AvgIpc) is 3.03. The number of carbonyl (C=O) groups excluding carboxylic acids is 2. The van der Waals surface area contributed by atoms with Crippen LogP contribution in [0.4, 0.5) is 0 Å². The first-order valence-corrected chi connectivity index (χ1v) is 8.55. The van der Waals surface area contributed by atoms with Crippen LogP contribution in [0, 0.1) is 0 Å². The molecule has 10 nitrogen and oxygen atoms in total. The van der Waals surface area contributed by atoms with Gasteiger partial charge < -0.3 is 31.6 Å². The highest BCUT2D eigenvalue weighted by Gasteiger charge is 2.28. The summed E-state index contributed by atoms with van der Waals surface area (Å²) in [6.07, 6.45) is 1.19. The minimum atomic E-state index is -1.44. The Labute approximate surface area is 160 Å². The zero-order valence-electron chi connectivity index (χ0n) is 15.1. The second-order valence-corrected chi connectivity index (χ2v) is 6.40. The van der Waals surface area contributed by atoms with Crippen LogP contribution in [0.3, 0.4) is 0 Å². The van der Waals surface area contributed by atoms with E-state index in [1.165, 1.54) is 6.92 Å². The zero-order chi connectivity index (χ0) is 20.8. The third-order valence-corrected chi connectivity index (χ3v) is 4.19. The second-order valence-electron chi connectivity index (χ2n) is 6.40.